The highest BCUT2D eigenvalue weighted by atomic mass is 19.1. The Kier molecular flexibility index (Phi) is 1.76. The van der Waals surface area contributed by atoms with Crippen molar-refractivity contribution in [2.45, 2.75) is 6.92 Å². The number of rotatable bonds is 1. The second kappa shape index (κ2) is 3.21. The molecule has 0 saturated heterocycles. The summed E-state index contributed by atoms with van der Waals surface area (Å²) in [4.78, 5) is 3.92. The second-order valence-electron chi connectivity index (χ2n) is 3.07. The van der Waals surface area contributed by atoms with Crippen molar-refractivity contribution in [2.75, 3.05) is 0 Å². The van der Waals surface area contributed by atoms with Crippen LogP contribution in [0.1, 0.15) is 6.93 Å². The SMILES string of the molecule is [2H]c1cnc(-c2c(C)cnn2C)c(F)c1. The van der Waals surface area contributed by atoms with E-state index in [1.54, 1.807) is 17.9 Å². The predicted molar refractivity (Wildman–Crippen MR) is 51.1 cm³/mol. The zero-order valence-corrected chi connectivity index (χ0v) is 7.95. The number of pyridine rings is 1. The van der Waals surface area contributed by atoms with Crippen LogP contribution in [-0.4, -0.2) is 14.8 Å². The Labute approximate surface area is 82.6 Å². The van der Waals surface area contributed by atoms with E-state index in [9.17, 15) is 4.39 Å². The van der Waals surface area contributed by atoms with Gasteiger partial charge in [-0.1, -0.05) is 0 Å². The summed E-state index contributed by atoms with van der Waals surface area (Å²) in [6, 6.07) is 1.21. The molecule has 0 fully saturated rings. The number of aromatic nitrogens is 3. The fourth-order valence-electron chi connectivity index (χ4n) is 1.40. The molecule has 0 aliphatic carbocycles. The normalized spacial score (nSPS) is 11.5. The number of halogens is 1. The Bertz CT molecular complexity index is 488. The molecule has 2 aromatic heterocycles. The molecule has 72 valence electrons. The summed E-state index contributed by atoms with van der Waals surface area (Å²) >= 11 is 0. The lowest BCUT2D eigenvalue weighted by Gasteiger charge is -2.03. The average molecular weight is 192 g/mol. The molecular formula is C10H10FN3. The van der Waals surface area contributed by atoms with Gasteiger partial charge >= 0.3 is 0 Å². The zero-order valence-electron chi connectivity index (χ0n) is 8.95. The molecular weight excluding hydrogens is 181 g/mol. The minimum absolute atomic E-state index is 0.0658. The second-order valence-corrected chi connectivity index (χ2v) is 3.07. The van der Waals surface area contributed by atoms with Crippen LogP contribution in [0.15, 0.2) is 24.5 Å². The zero-order chi connectivity index (χ0) is 11.0. The summed E-state index contributed by atoms with van der Waals surface area (Å²) in [5.74, 6) is -0.491. The van der Waals surface area contributed by atoms with Gasteiger partial charge in [-0.3, -0.25) is 9.67 Å². The van der Waals surface area contributed by atoms with Gasteiger partial charge in [0.1, 0.15) is 5.69 Å². The van der Waals surface area contributed by atoms with E-state index in [4.69, 9.17) is 1.37 Å². The Morgan fingerprint density at radius 3 is 2.93 bits per heavy atom. The Morgan fingerprint density at radius 1 is 1.57 bits per heavy atom. The molecule has 0 aromatic carbocycles. The number of aryl methyl sites for hydroxylation is 2. The molecule has 0 radical (unpaired) electrons. The minimum atomic E-state index is -0.491. The molecule has 4 heteroatoms. The lowest BCUT2D eigenvalue weighted by Crippen LogP contribution is -1.98. The van der Waals surface area contributed by atoms with Gasteiger partial charge in [-0.05, 0) is 24.6 Å². The van der Waals surface area contributed by atoms with E-state index in [2.05, 4.69) is 10.1 Å². The third kappa shape index (κ3) is 1.28. The van der Waals surface area contributed by atoms with Crippen molar-refractivity contribution >= 4 is 0 Å². The van der Waals surface area contributed by atoms with Gasteiger partial charge in [0.2, 0.25) is 0 Å². The summed E-state index contributed by atoms with van der Waals surface area (Å²) in [6.07, 6.45) is 2.98. The molecule has 14 heavy (non-hydrogen) atoms. The van der Waals surface area contributed by atoms with Crippen LogP contribution < -0.4 is 0 Å². The molecule has 0 saturated carbocycles. The first-order valence-electron chi connectivity index (χ1n) is 4.70. The first kappa shape index (κ1) is 7.67. The van der Waals surface area contributed by atoms with Crippen LogP contribution >= 0.6 is 0 Å². The highest BCUT2D eigenvalue weighted by molar-refractivity contribution is 5.58. The minimum Gasteiger partial charge on any atom is -0.266 e. The third-order valence-corrected chi connectivity index (χ3v) is 2.05. The van der Waals surface area contributed by atoms with E-state index in [0.717, 1.165) is 11.6 Å². The maximum Gasteiger partial charge on any atom is 0.151 e. The highest BCUT2D eigenvalue weighted by Gasteiger charge is 2.12. The third-order valence-electron chi connectivity index (χ3n) is 2.05. The summed E-state index contributed by atoms with van der Waals surface area (Å²) in [6.45, 7) is 1.85. The predicted octanol–water partition coefficient (Wildman–Crippen LogP) is 1.93. The summed E-state index contributed by atoms with van der Waals surface area (Å²) in [5.41, 5.74) is 1.75. The van der Waals surface area contributed by atoms with E-state index in [-0.39, 0.29) is 11.7 Å². The van der Waals surface area contributed by atoms with Gasteiger partial charge in [0.25, 0.3) is 0 Å². The van der Waals surface area contributed by atoms with Gasteiger partial charge in [-0.25, -0.2) is 4.39 Å². The topological polar surface area (TPSA) is 30.7 Å². The Morgan fingerprint density at radius 2 is 2.36 bits per heavy atom. The van der Waals surface area contributed by atoms with Crippen molar-refractivity contribution < 1.29 is 5.76 Å². The van der Waals surface area contributed by atoms with Crippen LogP contribution in [-0.2, 0) is 7.05 Å². The molecule has 0 unspecified atom stereocenters. The molecule has 0 aliphatic rings. The van der Waals surface area contributed by atoms with Crippen molar-refractivity contribution in [3.05, 3.63) is 35.9 Å². The maximum absolute atomic E-state index is 13.6. The maximum atomic E-state index is 13.6. The fourth-order valence-corrected chi connectivity index (χ4v) is 1.40. The van der Waals surface area contributed by atoms with Gasteiger partial charge in [0.15, 0.2) is 5.82 Å². The van der Waals surface area contributed by atoms with Crippen molar-refractivity contribution in [3.63, 3.8) is 0 Å². The van der Waals surface area contributed by atoms with E-state index >= 15 is 0 Å². The standard InChI is InChI=1S/C10H10FN3/c1-7-6-13-14(2)10(7)9-8(11)4-3-5-12-9/h3-6H,1-2H3/i3D. The monoisotopic (exact) mass is 192 g/mol. The van der Waals surface area contributed by atoms with Crippen molar-refractivity contribution in [2.24, 2.45) is 7.05 Å². The van der Waals surface area contributed by atoms with Gasteiger partial charge in [-0.15, -0.1) is 0 Å². The first-order chi connectivity index (χ1) is 7.09. The van der Waals surface area contributed by atoms with E-state index in [1.807, 2.05) is 6.92 Å². The lowest BCUT2D eigenvalue weighted by molar-refractivity contribution is 0.621. The van der Waals surface area contributed by atoms with Crippen molar-refractivity contribution in [3.8, 4) is 11.4 Å². The van der Waals surface area contributed by atoms with Crippen LogP contribution in [0.3, 0.4) is 0 Å². The Balaban J connectivity index is 2.64. The molecule has 0 N–H and O–H groups in total. The molecule has 2 aromatic rings. The molecule has 2 rings (SSSR count). The van der Waals surface area contributed by atoms with Gasteiger partial charge < -0.3 is 0 Å². The van der Waals surface area contributed by atoms with Crippen molar-refractivity contribution in [1.29, 1.82) is 0 Å². The lowest BCUT2D eigenvalue weighted by atomic mass is 10.2. The molecule has 0 amide bonds. The summed E-state index contributed by atoms with van der Waals surface area (Å²) in [7, 11) is 1.73. The van der Waals surface area contributed by atoms with Gasteiger partial charge in [0, 0.05) is 13.2 Å². The first-order valence-corrected chi connectivity index (χ1v) is 4.20. The quantitative estimate of drug-likeness (QED) is 0.691. The molecule has 0 atom stereocenters. The van der Waals surface area contributed by atoms with Crippen molar-refractivity contribution in [1.82, 2.24) is 14.8 Å². The van der Waals surface area contributed by atoms with E-state index < -0.39 is 5.82 Å². The number of hydrogen-bond donors (Lipinski definition) is 0. The highest BCUT2D eigenvalue weighted by Crippen LogP contribution is 2.22. The number of nitrogens with zero attached hydrogens (tertiary/aromatic N) is 3. The van der Waals surface area contributed by atoms with Crippen LogP contribution in [0.25, 0.3) is 11.4 Å². The molecule has 2 heterocycles. The molecule has 3 nitrogen and oxygen atoms in total. The van der Waals surface area contributed by atoms with Crippen LogP contribution in [0, 0.1) is 12.7 Å². The van der Waals surface area contributed by atoms with Crippen LogP contribution in [0.5, 0.6) is 0 Å². The fraction of sp³-hybridized carbons (Fsp3) is 0.200. The van der Waals surface area contributed by atoms with Crippen LogP contribution in [0.2, 0.25) is 0 Å². The van der Waals surface area contributed by atoms with E-state index in [1.165, 1.54) is 6.20 Å². The Hall–Kier alpha value is -1.71. The largest absolute Gasteiger partial charge is 0.266 e. The smallest absolute Gasteiger partial charge is 0.151 e. The summed E-state index contributed by atoms with van der Waals surface area (Å²) in [5, 5.41) is 4.02. The van der Waals surface area contributed by atoms with Gasteiger partial charge in [-0.2, -0.15) is 5.10 Å². The molecule has 0 spiro atoms. The summed E-state index contributed by atoms with van der Waals surface area (Å²) < 4.78 is 22.4. The molecule has 0 bridgehead atoms. The van der Waals surface area contributed by atoms with Crippen LogP contribution in [0.4, 0.5) is 4.39 Å². The number of hydrogen-bond acceptors (Lipinski definition) is 2. The average Bonchev–Trinajstić information content (AvgIpc) is 2.48. The van der Waals surface area contributed by atoms with E-state index in [0.29, 0.717) is 5.69 Å². The molecule has 0 aliphatic heterocycles. The van der Waals surface area contributed by atoms with Gasteiger partial charge in [0.05, 0.1) is 13.3 Å².